The number of hydrogen-bond donors (Lipinski definition) is 0. The van der Waals surface area contributed by atoms with Gasteiger partial charge >= 0.3 is 11.2 Å². The molecule has 2 fully saturated rings. The predicted molar refractivity (Wildman–Crippen MR) is 149 cm³/mol. The maximum Gasteiger partial charge on any atom is 0.358 e. The number of carbonyl (C=O) groups is 1. The third-order valence-electron chi connectivity index (χ3n) is 6.40. The van der Waals surface area contributed by atoms with Gasteiger partial charge in [-0.05, 0) is 42.8 Å². The molecule has 2 saturated heterocycles. The number of rotatable bonds is 6. The van der Waals surface area contributed by atoms with E-state index in [2.05, 4.69) is 0 Å². The van der Waals surface area contributed by atoms with Gasteiger partial charge in [0.1, 0.15) is 12.2 Å². The lowest BCUT2D eigenvalue weighted by Gasteiger charge is -2.45. The van der Waals surface area contributed by atoms with Crippen LogP contribution in [0.5, 0.6) is 5.75 Å². The Bertz CT molecular complexity index is 1300. The fraction of sp³-hybridized carbons (Fsp3) is 0.310. The number of hydrogen-bond acceptors (Lipinski definition) is 8. The van der Waals surface area contributed by atoms with Gasteiger partial charge in [-0.3, -0.25) is 0 Å². The van der Waals surface area contributed by atoms with Crippen LogP contribution in [0, 0.1) is 6.92 Å². The number of ether oxygens (including phenoxy) is 6. The van der Waals surface area contributed by atoms with Gasteiger partial charge in [-0.15, -0.1) is 0 Å². The molecule has 3 aromatic carbocycles. The molecule has 0 bridgehead atoms. The second-order valence-corrected chi connectivity index (χ2v) is 10.4. The quantitative estimate of drug-likeness (QED) is 0.258. The number of thiocarbonyl (C=S) groups is 1. The van der Waals surface area contributed by atoms with E-state index in [-0.39, 0.29) is 29.2 Å². The molecule has 3 unspecified atom stereocenters. The van der Waals surface area contributed by atoms with E-state index in [1.165, 1.54) is 6.07 Å². The van der Waals surface area contributed by atoms with E-state index in [1.54, 1.807) is 24.3 Å². The molecule has 0 saturated carbocycles. The van der Waals surface area contributed by atoms with Crippen LogP contribution in [0.4, 0.5) is 0 Å². The van der Waals surface area contributed by atoms with E-state index in [0.717, 1.165) is 11.1 Å². The van der Waals surface area contributed by atoms with Crippen LogP contribution in [0.1, 0.15) is 21.5 Å². The Morgan fingerprint density at radius 1 is 0.974 bits per heavy atom. The third-order valence-corrected chi connectivity index (χ3v) is 7.11. The first-order chi connectivity index (χ1) is 18.9. The zero-order valence-corrected chi connectivity index (χ0v) is 23.3. The smallest absolute Gasteiger partial charge is 0.358 e. The first kappa shape index (κ1) is 27.8. The Balaban J connectivity index is 1.35. The second kappa shape index (κ2) is 12.6. The van der Waals surface area contributed by atoms with Gasteiger partial charge in [-0.25, -0.2) is 4.79 Å². The number of benzene rings is 3. The van der Waals surface area contributed by atoms with Crippen molar-refractivity contribution in [3.05, 3.63) is 99.5 Å². The van der Waals surface area contributed by atoms with Gasteiger partial charge in [0.25, 0.3) is 0 Å². The molecule has 0 radical (unpaired) electrons. The first-order valence-corrected chi connectivity index (χ1v) is 13.6. The molecule has 204 valence electrons. The third kappa shape index (κ3) is 7.08. The van der Waals surface area contributed by atoms with E-state index in [1.807, 2.05) is 49.4 Å². The second-order valence-electron chi connectivity index (χ2n) is 9.24. The highest BCUT2D eigenvalue weighted by Gasteiger charge is 2.49. The fourth-order valence-electron chi connectivity index (χ4n) is 4.39. The van der Waals surface area contributed by atoms with Crippen molar-refractivity contribution in [3.8, 4) is 5.75 Å². The van der Waals surface area contributed by atoms with Crippen molar-refractivity contribution in [2.24, 2.45) is 0 Å². The molecular formula is C29H26Cl2O7S. The standard InChI is InChI=1S/C29H26Cl2O7S/c1-17-7-9-19(10-8-17)28(32)35-24-16-33-23-15-34-25(13-18-5-3-2-4-6-18)37-26(23)27(24)38-29(39)36-22-12-11-20(30)14-21(22)31/h2-12,14,23-27H,13,15-16H2,1H3/t23?,24?,25?,26-,27-/m1/s1. The molecule has 3 aromatic rings. The zero-order valence-electron chi connectivity index (χ0n) is 21.0. The summed E-state index contributed by atoms with van der Waals surface area (Å²) in [6, 6.07) is 21.7. The first-order valence-electron chi connectivity index (χ1n) is 12.4. The van der Waals surface area contributed by atoms with Crippen LogP contribution in [-0.2, 0) is 30.1 Å². The number of esters is 1. The summed E-state index contributed by atoms with van der Waals surface area (Å²) >= 11 is 17.6. The summed E-state index contributed by atoms with van der Waals surface area (Å²) in [5.41, 5.74) is 2.48. The summed E-state index contributed by atoms with van der Waals surface area (Å²) in [5, 5.41) is 0.511. The topological polar surface area (TPSA) is 72.5 Å². The van der Waals surface area contributed by atoms with Crippen molar-refractivity contribution < 1.29 is 33.2 Å². The summed E-state index contributed by atoms with van der Waals surface area (Å²) < 4.78 is 35.9. The summed E-state index contributed by atoms with van der Waals surface area (Å²) in [6.07, 6.45) is -2.82. The Morgan fingerprint density at radius 2 is 1.74 bits per heavy atom. The van der Waals surface area contributed by atoms with Crippen LogP contribution >= 0.6 is 35.4 Å². The molecule has 0 aliphatic carbocycles. The highest BCUT2D eigenvalue weighted by molar-refractivity contribution is 7.79. The number of fused-ring (bicyclic) bond motifs is 1. The molecule has 2 heterocycles. The zero-order chi connectivity index (χ0) is 27.4. The van der Waals surface area contributed by atoms with E-state index >= 15 is 0 Å². The minimum atomic E-state index is -0.835. The lowest BCUT2D eigenvalue weighted by atomic mass is 9.98. The van der Waals surface area contributed by atoms with Crippen LogP contribution in [0.3, 0.4) is 0 Å². The van der Waals surface area contributed by atoms with Crippen LogP contribution in [0.15, 0.2) is 72.8 Å². The number of aryl methyl sites for hydroxylation is 1. The van der Waals surface area contributed by atoms with Crippen molar-refractivity contribution in [2.45, 2.75) is 44.1 Å². The molecule has 39 heavy (non-hydrogen) atoms. The van der Waals surface area contributed by atoms with Crippen LogP contribution < -0.4 is 4.74 Å². The Morgan fingerprint density at radius 3 is 2.49 bits per heavy atom. The minimum absolute atomic E-state index is 0.0593. The highest BCUT2D eigenvalue weighted by Crippen LogP contribution is 2.32. The van der Waals surface area contributed by atoms with E-state index < -0.39 is 36.7 Å². The van der Waals surface area contributed by atoms with E-state index in [4.69, 9.17) is 63.8 Å². The van der Waals surface area contributed by atoms with Crippen LogP contribution in [0.25, 0.3) is 0 Å². The van der Waals surface area contributed by atoms with Gasteiger partial charge in [-0.2, -0.15) is 0 Å². The maximum absolute atomic E-state index is 13.0. The largest absolute Gasteiger partial charge is 0.452 e. The van der Waals surface area contributed by atoms with Crippen molar-refractivity contribution in [2.75, 3.05) is 13.2 Å². The fourth-order valence-corrected chi connectivity index (χ4v) is 5.04. The van der Waals surface area contributed by atoms with E-state index in [9.17, 15) is 4.79 Å². The summed E-state index contributed by atoms with van der Waals surface area (Å²) in [4.78, 5) is 13.0. The van der Waals surface area contributed by atoms with Gasteiger partial charge in [0, 0.05) is 23.7 Å². The Labute approximate surface area is 241 Å². The van der Waals surface area contributed by atoms with Gasteiger partial charge in [-0.1, -0.05) is 71.2 Å². The molecule has 0 amide bonds. The Kier molecular flexibility index (Phi) is 9.02. The number of halogens is 2. The molecule has 10 heteroatoms. The molecule has 7 nitrogen and oxygen atoms in total. The molecule has 2 aliphatic heterocycles. The predicted octanol–water partition coefficient (Wildman–Crippen LogP) is 5.96. The van der Waals surface area contributed by atoms with Crippen molar-refractivity contribution >= 4 is 46.6 Å². The molecule has 0 aromatic heterocycles. The molecule has 5 atom stereocenters. The SMILES string of the molecule is Cc1ccc(C(=O)OC2COC3COC(Cc4ccccc4)O[C@H]3[C@@H]2OC(=S)Oc2ccc(Cl)cc2Cl)cc1. The van der Waals surface area contributed by atoms with Gasteiger partial charge in [0.2, 0.25) is 0 Å². The van der Waals surface area contributed by atoms with Gasteiger partial charge < -0.3 is 28.4 Å². The van der Waals surface area contributed by atoms with Crippen molar-refractivity contribution in [1.82, 2.24) is 0 Å². The minimum Gasteiger partial charge on any atom is -0.452 e. The summed E-state index contributed by atoms with van der Waals surface area (Å²) in [5.74, 6) is -0.242. The van der Waals surface area contributed by atoms with Crippen LogP contribution in [0.2, 0.25) is 10.0 Å². The van der Waals surface area contributed by atoms with Crippen molar-refractivity contribution in [1.29, 1.82) is 0 Å². The van der Waals surface area contributed by atoms with Crippen LogP contribution in [-0.4, -0.2) is 55.1 Å². The monoisotopic (exact) mass is 588 g/mol. The highest BCUT2D eigenvalue weighted by atomic mass is 35.5. The summed E-state index contributed by atoms with van der Waals surface area (Å²) in [6.45, 7) is 2.28. The maximum atomic E-state index is 13.0. The average molecular weight is 589 g/mol. The average Bonchev–Trinajstić information content (AvgIpc) is 2.92. The molecule has 5 rings (SSSR count). The molecule has 2 aliphatic rings. The lowest BCUT2D eigenvalue weighted by Crippen LogP contribution is -2.61. The van der Waals surface area contributed by atoms with E-state index in [0.29, 0.717) is 17.0 Å². The molecular weight excluding hydrogens is 563 g/mol. The molecule has 0 spiro atoms. The Hall–Kier alpha value is -2.72. The van der Waals surface area contributed by atoms with Gasteiger partial charge in [0.15, 0.2) is 24.2 Å². The molecule has 0 N–H and O–H groups in total. The number of carbonyl (C=O) groups excluding carboxylic acids is 1. The lowest BCUT2D eigenvalue weighted by molar-refractivity contribution is -0.307. The normalized spacial score (nSPS) is 24.3. The van der Waals surface area contributed by atoms with Crippen molar-refractivity contribution in [3.63, 3.8) is 0 Å². The van der Waals surface area contributed by atoms with Gasteiger partial charge in [0.05, 0.1) is 23.8 Å². The summed E-state index contributed by atoms with van der Waals surface area (Å²) in [7, 11) is 0.